The molecule has 0 aromatic heterocycles. The van der Waals surface area contributed by atoms with E-state index in [1.165, 1.54) is 0 Å². The van der Waals surface area contributed by atoms with Crippen LogP contribution in [0.25, 0.3) is 0 Å². The van der Waals surface area contributed by atoms with Crippen LogP contribution in [0.4, 0.5) is 0 Å². The van der Waals surface area contributed by atoms with Crippen molar-refractivity contribution in [3.8, 4) is 0 Å². The summed E-state index contributed by atoms with van der Waals surface area (Å²) in [6.07, 6.45) is 1.20. The minimum Gasteiger partial charge on any atom is -0.396 e. The SMILES string of the molecule is C[C@H]1CCC[C@@]2(O[C@@H](CCO)C[C@H](O)[C@H]2O)O1. The lowest BCUT2D eigenvalue weighted by molar-refractivity contribution is -0.365. The van der Waals surface area contributed by atoms with E-state index in [-0.39, 0.29) is 18.8 Å². The first-order chi connectivity index (χ1) is 8.07. The van der Waals surface area contributed by atoms with E-state index >= 15 is 0 Å². The van der Waals surface area contributed by atoms with E-state index < -0.39 is 18.0 Å². The lowest BCUT2D eigenvalue weighted by atomic mass is 9.88. The van der Waals surface area contributed by atoms with E-state index in [4.69, 9.17) is 14.6 Å². The van der Waals surface area contributed by atoms with Crippen LogP contribution in [0.5, 0.6) is 0 Å². The second-order valence-corrected chi connectivity index (χ2v) is 5.13. The Morgan fingerprint density at radius 1 is 1.29 bits per heavy atom. The van der Waals surface area contributed by atoms with Gasteiger partial charge < -0.3 is 24.8 Å². The Morgan fingerprint density at radius 3 is 2.71 bits per heavy atom. The smallest absolute Gasteiger partial charge is 0.197 e. The Labute approximate surface area is 101 Å². The molecule has 0 unspecified atom stereocenters. The fraction of sp³-hybridized carbons (Fsp3) is 1.00. The molecule has 2 saturated heterocycles. The van der Waals surface area contributed by atoms with Crippen LogP contribution in [-0.2, 0) is 9.47 Å². The first kappa shape index (κ1) is 13.2. The van der Waals surface area contributed by atoms with Crippen LogP contribution in [0.3, 0.4) is 0 Å². The maximum atomic E-state index is 10.1. The van der Waals surface area contributed by atoms with Crippen molar-refractivity contribution in [1.82, 2.24) is 0 Å². The molecule has 1 spiro atoms. The minimum atomic E-state index is -1.07. The van der Waals surface area contributed by atoms with Crippen molar-refractivity contribution in [2.45, 2.75) is 69.2 Å². The maximum Gasteiger partial charge on any atom is 0.197 e. The summed E-state index contributed by atoms with van der Waals surface area (Å²) in [6, 6.07) is 0. The van der Waals surface area contributed by atoms with Gasteiger partial charge in [-0.3, -0.25) is 0 Å². The van der Waals surface area contributed by atoms with Gasteiger partial charge in [0.1, 0.15) is 6.10 Å². The summed E-state index contributed by atoms with van der Waals surface area (Å²) in [4.78, 5) is 0. The van der Waals surface area contributed by atoms with Crippen molar-refractivity contribution < 1.29 is 24.8 Å². The molecule has 0 aromatic carbocycles. The van der Waals surface area contributed by atoms with Gasteiger partial charge in [-0.2, -0.15) is 0 Å². The second kappa shape index (κ2) is 5.20. The van der Waals surface area contributed by atoms with Gasteiger partial charge in [-0.1, -0.05) is 0 Å². The average molecular weight is 246 g/mol. The molecule has 17 heavy (non-hydrogen) atoms. The molecule has 0 saturated carbocycles. The average Bonchev–Trinajstić information content (AvgIpc) is 2.26. The predicted molar refractivity (Wildman–Crippen MR) is 60.3 cm³/mol. The van der Waals surface area contributed by atoms with E-state index in [9.17, 15) is 10.2 Å². The molecule has 2 rings (SSSR count). The van der Waals surface area contributed by atoms with E-state index in [1.54, 1.807) is 0 Å². The Kier molecular flexibility index (Phi) is 4.05. The van der Waals surface area contributed by atoms with Crippen molar-refractivity contribution in [3.63, 3.8) is 0 Å². The first-order valence-corrected chi connectivity index (χ1v) is 6.40. The highest BCUT2D eigenvalue weighted by Gasteiger charge is 2.51. The Balaban J connectivity index is 2.11. The van der Waals surface area contributed by atoms with Crippen LogP contribution in [0.2, 0.25) is 0 Å². The Bertz CT molecular complexity index is 259. The molecular weight excluding hydrogens is 224 g/mol. The van der Waals surface area contributed by atoms with Gasteiger partial charge in [0.25, 0.3) is 0 Å². The number of rotatable bonds is 2. The number of aliphatic hydroxyl groups excluding tert-OH is 3. The van der Waals surface area contributed by atoms with Crippen LogP contribution in [-0.4, -0.2) is 52.1 Å². The van der Waals surface area contributed by atoms with E-state index in [1.807, 2.05) is 6.92 Å². The fourth-order valence-electron chi connectivity index (χ4n) is 2.81. The fourth-order valence-corrected chi connectivity index (χ4v) is 2.81. The molecule has 0 aromatic rings. The highest BCUT2D eigenvalue weighted by molar-refractivity contribution is 4.94. The molecule has 3 N–H and O–H groups in total. The van der Waals surface area contributed by atoms with Crippen molar-refractivity contribution in [1.29, 1.82) is 0 Å². The molecule has 0 bridgehead atoms. The standard InChI is InChI=1S/C12H22O5/c1-8-3-2-5-12(16-8)11(15)10(14)7-9(17-12)4-6-13/h8-11,13-15H,2-7H2,1H3/t8-,9-,10-,11+,12-/m0/s1. The topological polar surface area (TPSA) is 79.2 Å². The molecule has 0 aliphatic carbocycles. The Morgan fingerprint density at radius 2 is 2.06 bits per heavy atom. The number of hydrogen-bond donors (Lipinski definition) is 3. The monoisotopic (exact) mass is 246 g/mol. The predicted octanol–water partition coefficient (Wildman–Crippen LogP) is 0.165. The zero-order chi connectivity index (χ0) is 12.5. The summed E-state index contributed by atoms with van der Waals surface area (Å²) in [7, 11) is 0. The zero-order valence-electron chi connectivity index (χ0n) is 10.2. The van der Waals surface area contributed by atoms with Gasteiger partial charge in [-0.25, -0.2) is 0 Å². The summed E-state index contributed by atoms with van der Waals surface area (Å²) in [6.45, 7) is 1.96. The molecule has 100 valence electrons. The molecule has 2 fully saturated rings. The van der Waals surface area contributed by atoms with Crippen molar-refractivity contribution in [2.75, 3.05) is 6.61 Å². The highest BCUT2D eigenvalue weighted by atomic mass is 16.7. The van der Waals surface area contributed by atoms with Gasteiger partial charge in [0.05, 0.1) is 18.3 Å². The molecule has 5 heteroatoms. The van der Waals surface area contributed by atoms with E-state index in [2.05, 4.69) is 0 Å². The van der Waals surface area contributed by atoms with Crippen LogP contribution >= 0.6 is 0 Å². The largest absolute Gasteiger partial charge is 0.396 e. The quantitative estimate of drug-likeness (QED) is 0.647. The number of ether oxygens (including phenoxy) is 2. The van der Waals surface area contributed by atoms with E-state index in [0.717, 1.165) is 12.8 Å². The van der Waals surface area contributed by atoms with Crippen molar-refractivity contribution in [2.24, 2.45) is 0 Å². The maximum absolute atomic E-state index is 10.1. The molecule has 2 aliphatic heterocycles. The normalized spacial score (nSPS) is 47.3. The summed E-state index contributed by atoms with van der Waals surface area (Å²) in [5.74, 6) is -1.07. The number of aliphatic hydroxyl groups is 3. The van der Waals surface area contributed by atoms with Crippen LogP contribution in [0, 0.1) is 0 Å². The van der Waals surface area contributed by atoms with E-state index in [0.29, 0.717) is 19.3 Å². The lowest BCUT2D eigenvalue weighted by Crippen LogP contribution is -2.61. The third-order valence-corrected chi connectivity index (χ3v) is 3.67. The summed E-state index contributed by atoms with van der Waals surface area (Å²) >= 11 is 0. The van der Waals surface area contributed by atoms with Gasteiger partial charge in [0, 0.05) is 19.4 Å². The van der Waals surface area contributed by atoms with Crippen LogP contribution in [0.1, 0.15) is 39.0 Å². The van der Waals surface area contributed by atoms with Gasteiger partial charge >= 0.3 is 0 Å². The lowest BCUT2D eigenvalue weighted by Gasteiger charge is -2.49. The molecule has 0 amide bonds. The minimum absolute atomic E-state index is 0.0130. The molecule has 5 atom stereocenters. The molecular formula is C12H22O5. The van der Waals surface area contributed by atoms with Crippen LogP contribution < -0.4 is 0 Å². The number of hydrogen-bond acceptors (Lipinski definition) is 5. The first-order valence-electron chi connectivity index (χ1n) is 6.40. The van der Waals surface area contributed by atoms with Gasteiger partial charge in [0.15, 0.2) is 5.79 Å². The van der Waals surface area contributed by atoms with Crippen molar-refractivity contribution >= 4 is 0 Å². The van der Waals surface area contributed by atoms with Crippen LogP contribution in [0.15, 0.2) is 0 Å². The molecule has 2 heterocycles. The van der Waals surface area contributed by atoms with Gasteiger partial charge in [0.2, 0.25) is 0 Å². The zero-order valence-corrected chi connectivity index (χ0v) is 10.2. The third-order valence-electron chi connectivity index (χ3n) is 3.67. The second-order valence-electron chi connectivity index (χ2n) is 5.13. The molecule has 5 nitrogen and oxygen atoms in total. The Hall–Kier alpha value is -0.200. The molecule has 2 aliphatic rings. The highest BCUT2D eigenvalue weighted by Crippen LogP contribution is 2.40. The third kappa shape index (κ3) is 2.63. The summed E-state index contributed by atoms with van der Waals surface area (Å²) in [5, 5.41) is 28.9. The van der Waals surface area contributed by atoms with Gasteiger partial charge in [-0.05, 0) is 26.2 Å². The van der Waals surface area contributed by atoms with Gasteiger partial charge in [-0.15, -0.1) is 0 Å². The summed E-state index contributed by atoms with van der Waals surface area (Å²) < 4.78 is 11.6. The summed E-state index contributed by atoms with van der Waals surface area (Å²) in [5.41, 5.74) is 0. The molecule has 0 radical (unpaired) electrons. The van der Waals surface area contributed by atoms with Crippen molar-refractivity contribution in [3.05, 3.63) is 0 Å².